The largest absolute Gasteiger partial charge is 0.495 e. The van der Waals surface area contributed by atoms with Gasteiger partial charge in [-0.2, -0.15) is 0 Å². The number of halogens is 1. The Labute approximate surface area is 136 Å². The summed E-state index contributed by atoms with van der Waals surface area (Å²) in [5.41, 5.74) is 2.24. The molecule has 3 nitrogen and oxygen atoms in total. The Morgan fingerprint density at radius 1 is 1.24 bits per heavy atom. The summed E-state index contributed by atoms with van der Waals surface area (Å²) < 4.78 is 6.25. The van der Waals surface area contributed by atoms with Crippen LogP contribution < -0.4 is 10.1 Å². The topological polar surface area (TPSA) is 33.6 Å². The summed E-state index contributed by atoms with van der Waals surface area (Å²) in [4.78, 5) is 4.75. The zero-order valence-electron chi connectivity index (χ0n) is 11.5. The Morgan fingerprint density at radius 3 is 2.81 bits per heavy atom. The minimum atomic E-state index is 0.232. The van der Waals surface area contributed by atoms with Crippen LogP contribution in [0.3, 0.4) is 0 Å². The van der Waals surface area contributed by atoms with E-state index in [1.807, 2.05) is 24.3 Å². The summed E-state index contributed by atoms with van der Waals surface area (Å²) in [5, 5.41) is 4.31. The standard InChI is InChI=1S/C16H15BrN2OS/c1-20-15-9-12(7-8-13(15)17)18-16-19-14(10-21-16)11-5-3-2-4-6-11/h2-9,14H,10H2,1H3,(H,18,19). The van der Waals surface area contributed by atoms with Gasteiger partial charge in [0.1, 0.15) is 5.75 Å². The van der Waals surface area contributed by atoms with Gasteiger partial charge in [-0.3, -0.25) is 4.99 Å². The Hall–Kier alpha value is -1.46. The van der Waals surface area contributed by atoms with Crippen LogP contribution in [0.1, 0.15) is 11.6 Å². The second kappa shape index (κ2) is 6.54. The molecule has 0 saturated carbocycles. The van der Waals surface area contributed by atoms with Gasteiger partial charge in [0.25, 0.3) is 0 Å². The third-order valence-corrected chi connectivity index (χ3v) is 4.86. The zero-order chi connectivity index (χ0) is 14.7. The highest BCUT2D eigenvalue weighted by atomic mass is 79.9. The summed E-state index contributed by atoms with van der Waals surface area (Å²) in [5.74, 6) is 1.78. The molecule has 1 atom stereocenters. The van der Waals surface area contributed by atoms with Gasteiger partial charge in [-0.25, -0.2) is 0 Å². The van der Waals surface area contributed by atoms with E-state index in [0.29, 0.717) is 0 Å². The van der Waals surface area contributed by atoms with Gasteiger partial charge in [-0.15, -0.1) is 0 Å². The van der Waals surface area contributed by atoms with Crippen LogP contribution in [-0.4, -0.2) is 18.0 Å². The fourth-order valence-corrected chi connectivity index (χ4v) is 3.53. The van der Waals surface area contributed by atoms with Crippen molar-refractivity contribution < 1.29 is 4.74 Å². The summed E-state index contributed by atoms with van der Waals surface area (Å²) in [6.45, 7) is 0. The summed E-state index contributed by atoms with van der Waals surface area (Å²) >= 11 is 5.20. The van der Waals surface area contributed by atoms with Crippen LogP contribution in [0.15, 0.2) is 58.0 Å². The van der Waals surface area contributed by atoms with E-state index in [1.54, 1.807) is 18.9 Å². The number of hydrogen-bond donors (Lipinski definition) is 1. The van der Waals surface area contributed by atoms with Gasteiger partial charge in [0.15, 0.2) is 5.17 Å². The van der Waals surface area contributed by atoms with Crippen LogP contribution >= 0.6 is 27.7 Å². The molecule has 0 radical (unpaired) electrons. The molecule has 0 bridgehead atoms. The number of anilines is 1. The van der Waals surface area contributed by atoms with Crippen molar-refractivity contribution in [1.82, 2.24) is 0 Å². The smallest absolute Gasteiger partial charge is 0.161 e. The number of thioether (sulfide) groups is 1. The number of rotatable bonds is 3. The van der Waals surface area contributed by atoms with Crippen molar-refractivity contribution in [2.75, 3.05) is 18.2 Å². The fourth-order valence-electron chi connectivity index (χ4n) is 2.15. The monoisotopic (exact) mass is 362 g/mol. The lowest BCUT2D eigenvalue weighted by molar-refractivity contribution is 0.412. The molecule has 1 unspecified atom stereocenters. The van der Waals surface area contributed by atoms with E-state index in [-0.39, 0.29) is 6.04 Å². The lowest BCUT2D eigenvalue weighted by Crippen LogP contribution is -2.04. The zero-order valence-corrected chi connectivity index (χ0v) is 13.9. The SMILES string of the molecule is COc1cc(NC2=NC(c3ccccc3)CS2)ccc1Br. The lowest BCUT2D eigenvalue weighted by Gasteiger charge is -2.08. The Balaban J connectivity index is 1.74. The van der Waals surface area contributed by atoms with Crippen molar-refractivity contribution >= 4 is 38.5 Å². The molecule has 0 spiro atoms. The average molecular weight is 363 g/mol. The molecule has 2 aromatic rings. The highest BCUT2D eigenvalue weighted by Crippen LogP contribution is 2.32. The maximum Gasteiger partial charge on any atom is 0.161 e. The molecular weight excluding hydrogens is 348 g/mol. The number of amidine groups is 1. The third-order valence-electron chi connectivity index (χ3n) is 3.24. The molecule has 1 heterocycles. The van der Waals surface area contributed by atoms with Crippen molar-refractivity contribution in [2.24, 2.45) is 4.99 Å². The van der Waals surface area contributed by atoms with Gasteiger partial charge < -0.3 is 10.1 Å². The van der Waals surface area contributed by atoms with Crippen LogP contribution in [0.5, 0.6) is 5.75 Å². The molecule has 3 rings (SSSR count). The van der Waals surface area contributed by atoms with E-state index in [0.717, 1.165) is 26.8 Å². The second-order valence-electron chi connectivity index (χ2n) is 4.65. The van der Waals surface area contributed by atoms with Crippen molar-refractivity contribution in [2.45, 2.75) is 6.04 Å². The molecular formula is C16H15BrN2OS. The minimum absolute atomic E-state index is 0.232. The Kier molecular flexibility index (Phi) is 4.51. The third kappa shape index (κ3) is 3.41. The number of nitrogens with one attached hydrogen (secondary N) is 1. The maximum atomic E-state index is 5.31. The van der Waals surface area contributed by atoms with E-state index in [1.165, 1.54) is 5.56 Å². The first-order valence-electron chi connectivity index (χ1n) is 6.62. The van der Waals surface area contributed by atoms with E-state index in [2.05, 4.69) is 45.5 Å². The molecule has 0 aliphatic carbocycles. The van der Waals surface area contributed by atoms with E-state index < -0.39 is 0 Å². The normalized spacial score (nSPS) is 17.4. The fraction of sp³-hybridized carbons (Fsp3) is 0.188. The maximum absolute atomic E-state index is 5.31. The van der Waals surface area contributed by atoms with Gasteiger partial charge in [-0.1, -0.05) is 42.1 Å². The number of hydrogen-bond acceptors (Lipinski definition) is 4. The number of nitrogens with zero attached hydrogens (tertiary/aromatic N) is 1. The summed E-state index contributed by atoms with van der Waals surface area (Å²) in [6, 6.07) is 16.6. The van der Waals surface area contributed by atoms with E-state index in [4.69, 9.17) is 9.73 Å². The van der Waals surface area contributed by atoms with Crippen LogP contribution in [0.25, 0.3) is 0 Å². The van der Waals surface area contributed by atoms with Crippen LogP contribution in [0.2, 0.25) is 0 Å². The Morgan fingerprint density at radius 2 is 2.05 bits per heavy atom. The molecule has 1 N–H and O–H groups in total. The predicted octanol–water partition coefficient (Wildman–Crippen LogP) is 4.71. The molecule has 0 saturated heterocycles. The van der Waals surface area contributed by atoms with Crippen LogP contribution in [0.4, 0.5) is 5.69 Å². The van der Waals surface area contributed by atoms with Gasteiger partial charge in [0, 0.05) is 17.5 Å². The van der Waals surface area contributed by atoms with Gasteiger partial charge >= 0.3 is 0 Å². The molecule has 5 heteroatoms. The number of aliphatic imine (C=N–C) groups is 1. The number of benzene rings is 2. The summed E-state index contributed by atoms with van der Waals surface area (Å²) in [6.07, 6.45) is 0. The first kappa shape index (κ1) is 14.5. The minimum Gasteiger partial charge on any atom is -0.495 e. The van der Waals surface area contributed by atoms with Gasteiger partial charge in [0.05, 0.1) is 17.6 Å². The first-order valence-corrected chi connectivity index (χ1v) is 8.40. The summed E-state index contributed by atoms with van der Waals surface area (Å²) in [7, 11) is 1.66. The molecule has 1 aliphatic heterocycles. The Bertz CT molecular complexity index is 661. The predicted molar refractivity (Wildman–Crippen MR) is 93.4 cm³/mol. The van der Waals surface area contributed by atoms with Crippen molar-refractivity contribution in [3.63, 3.8) is 0 Å². The number of methoxy groups -OCH3 is 1. The molecule has 1 aliphatic rings. The molecule has 0 fully saturated rings. The lowest BCUT2D eigenvalue weighted by atomic mass is 10.1. The van der Waals surface area contributed by atoms with Crippen molar-refractivity contribution in [1.29, 1.82) is 0 Å². The number of ether oxygens (including phenoxy) is 1. The molecule has 0 amide bonds. The average Bonchev–Trinajstić information content (AvgIpc) is 2.98. The molecule has 21 heavy (non-hydrogen) atoms. The molecule has 2 aromatic carbocycles. The highest BCUT2D eigenvalue weighted by molar-refractivity contribution is 9.10. The quantitative estimate of drug-likeness (QED) is 0.857. The van der Waals surface area contributed by atoms with E-state index >= 15 is 0 Å². The highest BCUT2D eigenvalue weighted by Gasteiger charge is 2.19. The first-order chi connectivity index (χ1) is 10.3. The second-order valence-corrected chi connectivity index (χ2v) is 6.51. The van der Waals surface area contributed by atoms with Crippen molar-refractivity contribution in [3.8, 4) is 5.75 Å². The van der Waals surface area contributed by atoms with Crippen LogP contribution in [-0.2, 0) is 0 Å². The van der Waals surface area contributed by atoms with Gasteiger partial charge in [-0.05, 0) is 33.6 Å². The van der Waals surface area contributed by atoms with E-state index in [9.17, 15) is 0 Å². The van der Waals surface area contributed by atoms with Crippen LogP contribution in [0, 0.1) is 0 Å². The van der Waals surface area contributed by atoms with Gasteiger partial charge in [0.2, 0.25) is 0 Å². The molecule has 108 valence electrons. The molecule has 0 aromatic heterocycles. The van der Waals surface area contributed by atoms with Crippen molar-refractivity contribution in [3.05, 3.63) is 58.6 Å².